The van der Waals surface area contributed by atoms with Crippen LogP contribution in [0, 0.1) is 11.3 Å². The first-order valence-electron chi connectivity index (χ1n) is 8.00. The second kappa shape index (κ2) is 6.08. The van der Waals surface area contributed by atoms with E-state index in [1.165, 1.54) is 0 Å². The Balaban J connectivity index is 1.64. The molecule has 2 amide bonds. The summed E-state index contributed by atoms with van der Waals surface area (Å²) < 4.78 is 0. The fourth-order valence-electron chi connectivity index (χ4n) is 2.80. The maximum absolute atomic E-state index is 12.5. The van der Waals surface area contributed by atoms with Gasteiger partial charge < -0.3 is 16.0 Å². The number of amides is 2. The quantitative estimate of drug-likeness (QED) is 0.799. The van der Waals surface area contributed by atoms with Crippen molar-refractivity contribution in [3.63, 3.8) is 0 Å². The third-order valence-electron chi connectivity index (χ3n) is 4.48. The first-order chi connectivity index (χ1) is 10.6. The van der Waals surface area contributed by atoms with Gasteiger partial charge in [-0.05, 0) is 57.4 Å². The molecule has 3 rings (SSSR count). The highest BCUT2D eigenvalue weighted by atomic mass is 16.2. The van der Waals surface area contributed by atoms with E-state index >= 15 is 0 Å². The van der Waals surface area contributed by atoms with Gasteiger partial charge in [-0.25, -0.2) is 0 Å². The van der Waals surface area contributed by atoms with Crippen molar-refractivity contribution in [2.75, 3.05) is 23.7 Å². The largest absolute Gasteiger partial charge is 0.326 e. The fraction of sp³-hybridized carbons (Fsp3) is 0.529. The summed E-state index contributed by atoms with van der Waals surface area (Å²) >= 11 is 0. The number of rotatable bonds is 4. The lowest BCUT2D eigenvalue weighted by atomic mass is 9.82. The zero-order valence-corrected chi connectivity index (χ0v) is 12.9. The second-order valence-electron chi connectivity index (χ2n) is 6.64. The SMILES string of the molecule is CC1(C(=O)Nc2cccc(NC(=O)C3CC3)c2)CCCNC1. The Bertz CT molecular complexity index is 575. The average molecular weight is 301 g/mol. The third-order valence-corrected chi connectivity index (χ3v) is 4.48. The highest BCUT2D eigenvalue weighted by molar-refractivity contribution is 5.97. The molecule has 1 saturated heterocycles. The molecule has 1 aliphatic carbocycles. The van der Waals surface area contributed by atoms with Gasteiger partial charge in [-0.15, -0.1) is 0 Å². The fourth-order valence-corrected chi connectivity index (χ4v) is 2.80. The van der Waals surface area contributed by atoms with E-state index < -0.39 is 0 Å². The van der Waals surface area contributed by atoms with Gasteiger partial charge in [0.25, 0.3) is 0 Å². The van der Waals surface area contributed by atoms with Crippen LogP contribution in [0.4, 0.5) is 11.4 Å². The summed E-state index contributed by atoms with van der Waals surface area (Å²) in [5.41, 5.74) is 1.10. The topological polar surface area (TPSA) is 70.2 Å². The molecule has 1 aromatic carbocycles. The van der Waals surface area contributed by atoms with Crippen LogP contribution in [0.1, 0.15) is 32.6 Å². The van der Waals surface area contributed by atoms with Crippen molar-refractivity contribution in [3.8, 4) is 0 Å². The van der Waals surface area contributed by atoms with Crippen LogP contribution in [0.25, 0.3) is 0 Å². The standard InChI is InChI=1S/C17H23N3O2/c1-17(8-3-9-18-11-17)16(22)20-14-5-2-4-13(10-14)19-15(21)12-6-7-12/h2,4-5,10,12,18H,3,6-9,11H2,1H3,(H,19,21)(H,20,22). The van der Waals surface area contributed by atoms with Crippen molar-refractivity contribution in [3.05, 3.63) is 24.3 Å². The normalized spacial score (nSPS) is 24.6. The molecule has 1 unspecified atom stereocenters. The highest BCUT2D eigenvalue weighted by Crippen LogP contribution is 2.31. The number of benzene rings is 1. The molecule has 22 heavy (non-hydrogen) atoms. The molecule has 0 spiro atoms. The monoisotopic (exact) mass is 301 g/mol. The number of nitrogens with one attached hydrogen (secondary N) is 3. The number of carbonyl (C=O) groups is 2. The molecule has 2 aliphatic rings. The van der Waals surface area contributed by atoms with E-state index in [9.17, 15) is 9.59 Å². The lowest BCUT2D eigenvalue weighted by Crippen LogP contribution is -2.46. The van der Waals surface area contributed by atoms with Crippen molar-refractivity contribution in [2.24, 2.45) is 11.3 Å². The number of anilines is 2. The Morgan fingerprint density at radius 3 is 2.59 bits per heavy atom. The van der Waals surface area contributed by atoms with Crippen LogP contribution >= 0.6 is 0 Å². The summed E-state index contributed by atoms with van der Waals surface area (Å²) in [5.74, 6) is 0.280. The maximum atomic E-state index is 12.5. The van der Waals surface area contributed by atoms with E-state index in [2.05, 4.69) is 16.0 Å². The van der Waals surface area contributed by atoms with Crippen LogP contribution in [0.5, 0.6) is 0 Å². The first kappa shape index (κ1) is 15.0. The molecule has 1 atom stereocenters. The minimum absolute atomic E-state index is 0.0327. The van der Waals surface area contributed by atoms with Crippen LogP contribution in [0.15, 0.2) is 24.3 Å². The van der Waals surface area contributed by atoms with E-state index in [1.54, 1.807) is 0 Å². The second-order valence-corrected chi connectivity index (χ2v) is 6.64. The van der Waals surface area contributed by atoms with Gasteiger partial charge in [0.05, 0.1) is 5.41 Å². The predicted molar refractivity (Wildman–Crippen MR) is 86.6 cm³/mol. The van der Waals surface area contributed by atoms with Crippen molar-refractivity contribution in [1.82, 2.24) is 5.32 Å². The number of piperidine rings is 1. The smallest absolute Gasteiger partial charge is 0.231 e. The van der Waals surface area contributed by atoms with Gasteiger partial charge >= 0.3 is 0 Å². The van der Waals surface area contributed by atoms with Gasteiger partial charge in [0, 0.05) is 23.8 Å². The van der Waals surface area contributed by atoms with Gasteiger partial charge in [0.2, 0.25) is 11.8 Å². The van der Waals surface area contributed by atoms with Gasteiger partial charge in [-0.3, -0.25) is 9.59 Å². The van der Waals surface area contributed by atoms with Crippen LogP contribution in [0.2, 0.25) is 0 Å². The molecule has 0 aromatic heterocycles. The molecule has 1 aliphatic heterocycles. The van der Waals surface area contributed by atoms with E-state index in [0.29, 0.717) is 6.54 Å². The van der Waals surface area contributed by atoms with Crippen molar-refractivity contribution >= 4 is 23.2 Å². The summed E-state index contributed by atoms with van der Waals surface area (Å²) in [5, 5.41) is 9.17. The Hall–Kier alpha value is -1.88. The maximum Gasteiger partial charge on any atom is 0.231 e. The molecule has 5 nitrogen and oxygen atoms in total. The van der Waals surface area contributed by atoms with Crippen molar-refractivity contribution in [1.29, 1.82) is 0 Å². The molecule has 5 heteroatoms. The summed E-state index contributed by atoms with van der Waals surface area (Å²) in [7, 11) is 0. The molecule has 0 bridgehead atoms. The van der Waals surface area contributed by atoms with E-state index in [1.807, 2.05) is 31.2 Å². The lowest BCUT2D eigenvalue weighted by molar-refractivity contribution is -0.125. The number of carbonyl (C=O) groups excluding carboxylic acids is 2. The van der Waals surface area contributed by atoms with Crippen molar-refractivity contribution < 1.29 is 9.59 Å². The molecular formula is C17H23N3O2. The minimum atomic E-state index is -0.370. The third kappa shape index (κ3) is 3.47. The zero-order valence-electron chi connectivity index (χ0n) is 12.9. The molecule has 1 heterocycles. The summed E-state index contributed by atoms with van der Waals surface area (Å²) in [4.78, 5) is 24.3. The van der Waals surface area contributed by atoms with Crippen LogP contribution in [0.3, 0.4) is 0 Å². The van der Waals surface area contributed by atoms with Gasteiger partial charge in [0.15, 0.2) is 0 Å². The Morgan fingerprint density at radius 2 is 1.95 bits per heavy atom. The van der Waals surface area contributed by atoms with Gasteiger partial charge in [0.1, 0.15) is 0 Å². The molecular weight excluding hydrogens is 278 g/mol. The first-order valence-corrected chi connectivity index (χ1v) is 8.00. The predicted octanol–water partition coefficient (Wildman–Crippen LogP) is 2.36. The Labute approximate surface area is 130 Å². The summed E-state index contributed by atoms with van der Waals surface area (Å²) in [6.45, 7) is 3.68. The summed E-state index contributed by atoms with van der Waals surface area (Å²) in [6, 6.07) is 7.36. The van der Waals surface area contributed by atoms with E-state index in [0.717, 1.165) is 43.6 Å². The van der Waals surface area contributed by atoms with Gasteiger partial charge in [-0.2, -0.15) is 0 Å². The van der Waals surface area contributed by atoms with Crippen molar-refractivity contribution in [2.45, 2.75) is 32.6 Å². The molecule has 3 N–H and O–H groups in total. The van der Waals surface area contributed by atoms with Crippen LogP contribution < -0.4 is 16.0 Å². The molecule has 118 valence electrons. The van der Waals surface area contributed by atoms with Gasteiger partial charge in [-0.1, -0.05) is 6.07 Å². The Kier molecular flexibility index (Phi) is 4.16. The zero-order chi connectivity index (χ0) is 15.6. The van der Waals surface area contributed by atoms with E-state index in [-0.39, 0.29) is 23.1 Å². The molecule has 1 aromatic rings. The van der Waals surface area contributed by atoms with Crippen LogP contribution in [-0.4, -0.2) is 24.9 Å². The summed E-state index contributed by atoms with van der Waals surface area (Å²) in [6.07, 6.45) is 3.87. The van der Waals surface area contributed by atoms with Crippen LogP contribution in [-0.2, 0) is 9.59 Å². The molecule has 0 radical (unpaired) electrons. The Morgan fingerprint density at radius 1 is 1.23 bits per heavy atom. The number of hydrogen-bond acceptors (Lipinski definition) is 3. The number of hydrogen-bond donors (Lipinski definition) is 3. The molecule has 2 fully saturated rings. The van der Waals surface area contributed by atoms with E-state index in [4.69, 9.17) is 0 Å². The highest BCUT2D eigenvalue weighted by Gasteiger charge is 2.34. The average Bonchev–Trinajstić information content (AvgIpc) is 3.33. The lowest BCUT2D eigenvalue weighted by Gasteiger charge is -2.32. The molecule has 1 saturated carbocycles. The minimum Gasteiger partial charge on any atom is -0.326 e.